The van der Waals surface area contributed by atoms with Crippen molar-refractivity contribution < 1.29 is 17.9 Å². The molecule has 208 valence electrons. The van der Waals surface area contributed by atoms with Crippen LogP contribution in [-0.2, 0) is 19.8 Å². The summed E-state index contributed by atoms with van der Waals surface area (Å²) >= 11 is 0. The normalized spacial score (nSPS) is 13.3. The van der Waals surface area contributed by atoms with E-state index in [9.17, 15) is 18.0 Å². The molecule has 0 amide bonds. The Labute approximate surface area is 232 Å². The number of aromatic nitrogens is 7. The lowest BCUT2D eigenvalue weighted by molar-refractivity contribution is -0.140. The molecule has 4 heterocycles. The fourth-order valence-electron chi connectivity index (χ4n) is 4.92. The highest BCUT2D eigenvalue weighted by Gasteiger charge is 2.34. The Kier molecular flexibility index (Phi) is 6.37. The quantitative estimate of drug-likeness (QED) is 0.277. The zero-order chi connectivity index (χ0) is 28.9. The summed E-state index contributed by atoms with van der Waals surface area (Å²) in [7, 11) is 3.06. The van der Waals surface area contributed by atoms with Crippen molar-refractivity contribution in [3.05, 3.63) is 76.5 Å². The third-order valence-electron chi connectivity index (χ3n) is 7.01. The molecule has 41 heavy (non-hydrogen) atoms. The molecule has 0 aliphatic heterocycles. The summed E-state index contributed by atoms with van der Waals surface area (Å²) < 4.78 is 49.2. The van der Waals surface area contributed by atoms with Crippen LogP contribution in [0.4, 0.5) is 13.2 Å². The highest BCUT2D eigenvalue weighted by molar-refractivity contribution is 5.82. The van der Waals surface area contributed by atoms with Crippen molar-refractivity contribution in [1.82, 2.24) is 33.6 Å². The van der Waals surface area contributed by atoms with Crippen LogP contribution in [0.5, 0.6) is 5.88 Å². The van der Waals surface area contributed by atoms with Crippen LogP contribution >= 0.6 is 0 Å². The van der Waals surface area contributed by atoms with Gasteiger partial charge >= 0.3 is 11.9 Å². The fraction of sp³-hybridized carbons (Fsp3) is 0.276. The molecule has 0 saturated heterocycles. The second-order valence-electron chi connectivity index (χ2n) is 9.80. The Morgan fingerprint density at radius 1 is 1.10 bits per heavy atom. The molecule has 9 nitrogen and oxygen atoms in total. The number of aryl methyl sites for hydroxylation is 1. The van der Waals surface area contributed by atoms with Crippen LogP contribution in [-0.4, -0.2) is 40.7 Å². The van der Waals surface area contributed by atoms with E-state index in [1.54, 1.807) is 49.1 Å². The van der Waals surface area contributed by atoms with E-state index in [0.717, 1.165) is 30.3 Å². The minimum atomic E-state index is -4.53. The van der Waals surface area contributed by atoms with E-state index in [1.165, 1.54) is 22.5 Å². The second kappa shape index (κ2) is 9.92. The lowest BCUT2D eigenvalue weighted by atomic mass is 10.1. The molecule has 1 aromatic carbocycles. The first-order chi connectivity index (χ1) is 19.7. The first kappa shape index (κ1) is 26.3. The van der Waals surface area contributed by atoms with Gasteiger partial charge in [-0.1, -0.05) is 30.2 Å². The molecule has 1 saturated carbocycles. The standard InChI is InChI=1S/C29H24F3N7O2/c1-4-11-38-22-13-33-20(24-25(18-9-10-18)34-16-35-27(24)41-3)12-21(22)39(28(38)40)14-17-5-7-19(8-6-17)26-36-23(15-37(26)2)29(30,31)32/h5-8,12-13,15-16,18H,9-10,14H2,1-3H3. The predicted molar refractivity (Wildman–Crippen MR) is 145 cm³/mol. The number of alkyl halides is 3. The van der Waals surface area contributed by atoms with Crippen molar-refractivity contribution >= 4 is 11.0 Å². The van der Waals surface area contributed by atoms with E-state index in [2.05, 4.69) is 31.9 Å². The monoisotopic (exact) mass is 559 g/mol. The van der Waals surface area contributed by atoms with Gasteiger partial charge in [-0.05, 0) is 31.4 Å². The van der Waals surface area contributed by atoms with Crippen molar-refractivity contribution in [2.24, 2.45) is 7.05 Å². The molecule has 12 heteroatoms. The van der Waals surface area contributed by atoms with Crippen LogP contribution in [0.2, 0.25) is 0 Å². The number of hydrogen-bond acceptors (Lipinski definition) is 6. The number of fused-ring (bicyclic) bond motifs is 1. The SMILES string of the molecule is CC#Cn1c(=O)n(Cc2ccc(-c3nc(C(F)(F)F)cn3C)cc2)c2cc(-c3c(OC)ncnc3C3CC3)ncc21. The van der Waals surface area contributed by atoms with Crippen molar-refractivity contribution in [2.45, 2.75) is 38.4 Å². The summed E-state index contributed by atoms with van der Waals surface area (Å²) in [6, 6.07) is 11.6. The number of methoxy groups -OCH3 is 1. The third kappa shape index (κ3) is 4.73. The molecule has 0 unspecified atom stereocenters. The van der Waals surface area contributed by atoms with Crippen molar-refractivity contribution in [3.8, 4) is 40.5 Å². The van der Waals surface area contributed by atoms with E-state index in [1.807, 2.05) is 6.07 Å². The number of rotatable bonds is 6. The molecular weight excluding hydrogens is 535 g/mol. The van der Waals surface area contributed by atoms with Gasteiger partial charge < -0.3 is 9.30 Å². The molecule has 0 spiro atoms. The van der Waals surface area contributed by atoms with Gasteiger partial charge in [0.05, 0.1) is 42.3 Å². The number of pyridine rings is 1. The van der Waals surface area contributed by atoms with Gasteiger partial charge in [-0.15, -0.1) is 0 Å². The molecule has 0 bridgehead atoms. The minimum absolute atomic E-state index is 0.192. The lowest BCUT2D eigenvalue weighted by Gasteiger charge is -2.12. The maximum absolute atomic E-state index is 13.5. The molecule has 0 N–H and O–H groups in total. The Balaban J connectivity index is 1.42. The molecular formula is C29H24F3N7O2. The van der Waals surface area contributed by atoms with Gasteiger partial charge in [0.1, 0.15) is 17.7 Å². The second-order valence-corrected chi connectivity index (χ2v) is 9.80. The number of hydrogen-bond donors (Lipinski definition) is 0. The van der Waals surface area contributed by atoms with Gasteiger partial charge in [0.25, 0.3) is 0 Å². The summed E-state index contributed by atoms with van der Waals surface area (Å²) in [5.74, 6) is 3.69. The maximum atomic E-state index is 13.5. The van der Waals surface area contributed by atoms with Crippen LogP contribution in [0.1, 0.15) is 42.6 Å². The van der Waals surface area contributed by atoms with Gasteiger partial charge in [0.15, 0.2) is 5.69 Å². The largest absolute Gasteiger partial charge is 0.480 e. The van der Waals surface area contributed by atoms with Crippen LogP contribution in [0.15, 0.2) is 53.8 Å². The number of halogens is 3. The van der Waals surface area contributed by atoms with E-state index < -0.39 is 11.9 Å². The first-order valence-corrected chi connectivity index (χ1v) is 12.8. The number of benzene rings is 1. The van der Waals surface area contributed by atoms with Gasteiger partial charge in [0.2, 0.25) is 5.88 Å². The smallest absolute Gasteiger partial charge is 0.434 e. The Bertz CT molecular complexity index is 1900. The maximum Gasteiger partial charge on any atom is 0.434 e. The van der Waals surface area contributed by atoms with Crippen LogP contribution in [0.25, 0.3) is 33.7 Å². The summed E-state index contributed by atoms with van der Waals surface area (Å²) in [6.45, 7) is 1.84. The third-order valence-corrected chi connectivity index (χ3v) is 7.01. The van der Waals surface area contributed by atoms with E-state index in [-0.39, 0.29) is 18.1 Å². The topological polar surface area (TPSA) is 92.7 Å². The summed E-state index contributed by atoms with van der Waals surface area (Å²) in [4.78, 5) is 30.7. The van der Waals surface area contributed by atoms with Crippen molar-refractivity contribution in [1.29, 1.82) is 0 Å². The molecule has 1 aliphatic carbocycles. The Morgan fingerprint density at radius 3 is 2.49 bits per heavy atom. The van der Waals surface area contributed by atoms with E-state index in [4.69, 9.17) is 4.74 Å². The molecule has 5 aromatic rings. The van der Waals surface area contributed by atoms with E-state index >= 15 is 0 Å². The molecule has 0 radical (unpaired) electrons. The fourth-order valence-corrected chi connectivity index (χ4v) is 4.92. The van der Waals surface area contributed by atoms with Crippen molar-refractivity contribution in [2.75, 3.05) is 7.11 Å². The molecule has 4 aromatic heterocycles. The highest BCUT2D eigenvalue weighted by Crippen LogP contribution is 2.45. The van der Waals surface area contributed by atoms with Gasteiger partial charge in [-0.2, -0.15) is 13.2 Å². The zero-order valence-electron chi connectivity index (χ0n) is 22.4. The predicted octanol–water partition coefficient (Wildman–Crippen LogP) is 4.84. The average Bonchev–Trinajstić information content (AvgIpc) is 3.69. The zero-order valence-corrected chi connectivity index (χ0v) is 22.4. The number of nitrogens with zero attached hydrogens (tertiary/aromatic N) is 7. The minimum Gasteiger partial charge on any atom is -0.480 e. The summed E-state index contributed by atoms with van der Waals surface area (Å²) in [5, 5.41) is 0. The summed E-state index contributed by atoms with van der Waals surface area (Å²) in [5.41, 5.74) is 3.29. The van der Waals surface area contributed by atoms with Crippen LogP contribution in [0.3, 0.4) is 0 Å². The molecule has 6 rings (SSSR count). The van der Waals surface area contributed by atoms with Gasteiger partial charge in [-0.3, -0.25) is 9.55 Å². The Hall–Kier alpha value is -4.92. The van der Waals surface area contributed by atoms with Crippen molar-refractivity contribution in [3.63, 3.8) is 0 Å². The van der Waals surface area contributed by atoms with E-state index in [0.29, 0.717) is 39.7 Å². The highest BCUT2D eigenvalue weighted by atomic mass is 19.4. The van der Waals surface area contributed by atoms with Gasteiger partial charge in [-0.25, -0.2) is 24.3 Å². The first-order valence-electron chi connectivity index (χ1n) is 12.8. The lowest BCUT2D eigenvalue weighted by Crippen LogP contribution is -2.22. The summed E-state index contributed by atoms with van der Waals surface area (Å²) in [6.07, 6.45) is 1.56. The molecule has 0 atom stereocenters. The molecule has 1 aliphatic rings. The number of imidazole rings is 2. The average molecular weight is 560 g/mol. The number of ether oxygens (including phenoxy) is 1. The van der Waals surface area contributed by atoms with Gasteiger partial charge in [0, 0.05) is 30.8 Å². The van der Waals surface area contributed by atoms with Crippen LogP contribution in [0, 0.1) is 12.0 Å². The Morgan fingerprint density at radius 2 is 1.85 bits per heavy atom. The van der Waals surface area contributed by atoms with Crippen LogP contribution < -0.4 is 10.4 Å². The molecule has 1 fully saturated rings.